The van der Waals surface area contributed by atoms with Crippen molar-refractivity contribution >= 4 is 11.5 Å². The molecule has 3 N–H and O–H groups in total. The summed E-state index contributed by atoms with van der Waals surface area (Å²) in [4.78, 5) is 4.35. The number of fused-ring (bicyclic) bond motifs is 1. The zero-order chi connectivity index (χ0) is 13.2. The van der Waals surface area contributed by atoms with Crippen LogP contribution in [0.1, 0.15) is 23.1 Å². The van der Waals surface area contributed by atoms with E-state index in [-0.39, 0.29) is 0 Å². The van der Waals surface area contributed by atoms with E-state index >= 15 is 0 Å². The molecule has 0 radical (unpaired) electrons. The molecule has 0 bridgehead atoms. The highest BCUT2D eigenvalue weighted by molar-refractivity contribution is 5.65. The van der Waals surface area contributed by atoms with Crippen molar-refractivity contribution in [3.63, 3.8) is 0 Å². The van der Waals surface area contributed by atoms with Crippen molar-refractivity contribution in [2.75, 3.05) is 11.1 Å². The van der Waals surface area contributed by atoms with E-state index in [1.807, 2.05) is 19.2 Å². The number of nitrogens with one attached hydrogen (secondary N) is 1. The van der Waals surface area contributed by atoms with Crippen molar-refractivity contribution in [2.45, 2.75) is 32.2 Å². The van der Waals surface area contributed by atoms with Gasteiger partial charge in [0.15, 0.2) is 0 Å². The standard InChI is InChI=1S/C16H19N3/c1-11-8-9-18-16(15(11)17)19-14-7-6-12-4-2-3-5-13(12)10-14/h2-5,8-9,14H,6-7,10,17H2,1H3,(H,18,19). The van der Waals surface area contributed by atoms with Crippen LogP contribution in [0.15, 0.2) is 36.5 Å². The number of aryl methyl sites for hydroxylation is 2. The Bertz CT molecular complexity index is 592. The number of benzene rings is 1. The Labute approximate surface area is 113 Å². The molecule has 1 atom stereocenters. The molecule has 1 aliphatic rings. The Morgan fingerprint density at radius 1 is 1.21 bits per heavy atom. The lowest BCUT2D eigenvalue weighted by atomic mass is 9.88. The summed E-state index contributed by atoms with van der Waals surface area (Å²) < 4.78 is 0. The molecule has 0 amide bonds. The minimum absolute atomic E-state index is 0.423. The molecule has 3 heteroatoms. The summed E-state index contributed by atoms with van der Waals surface area (Å²) in [7, 11) is 0. The van der Waals surface area contributed by atoms with Gasteiger partial charge in [-0.05, 0) is 48.9 Å². The number of hydrogen-bond donors (Lipinski definition) is 2. The number of hydrogen-bond acceptors (Lipinski definition) is 3. The lowest BCUT2D eigenvalue weighted by Crippen LogP contribution is -2.28. The molecule has 0 saturated heterocycles. The van der Waals surface area contributed by atoms with Crippen molar-refractivity contribution in [3.8, 4) is 0 Å². The van der Waals surface area contributed by atoms with E-state index in [2.05, 4.69) is 34.6 Å². The smallest absolute Gasteiger partial charge is 0.149 e. The van der Waals surface area contributed by atoms with Gasteiger partial charge in [-0.1, -0.05) is 24.3 Å². The third-order valence-corrected chi connectivity index (χ3v) is 3.90. The molecule has 2 aromatic rings. The molecular weight excluding hydrogens is 234 g/mol. The molecule has 0 saturated carbocycles. The summed E-state index contributed by atoms with van der Waals surface area (Å²) in [5.74, 6) is 0.824. The van der Waals surface area contributed by atoms with Crippen LogP contribution in [0.3, 0.4) is 0 Å². The van der Waals surface area contributed by atoms with Gasteiger partial charge < -0.3 is 11.1 Å². The SMILES string of the molecule is Cc1ccnc(NC2CCc3ccccc3C2)c1N. The quantitative estimate of drug-likeness (QED) is 0.865. The Morgan fingerprint density at radius 2 is 2.00 bits per heavy atom. The molecule has 1 heterocycles. The molecule has 1 aromatic heterocycles. The molecule has 3 rings (SSSR count). The number of nitrogen functional groups attached to an aromatic ring is 1. The Kier molecular flexibility index (Phi) is 3.11. The lowest BCUT2D eigenvalue weighted by Gasteiger charge is -2.26. The zero-order valence-corrected chi connectivity index (χ0v) is 11.2. The average Bonchev–Trinajstić information content (AvgIpc) is 2.44. The Hall–Kier alpha value is -2.03. The number of rotatable bonds is 2. The fourth-order valence-corrected chi connectivity index (χ4v) is 2.70. The van der Waals surface area contributed by atoms with Crippen LogP contribution in [0.4, 0.5) is 11.5 Å². The van der Waals surface area contributed by atoms with E-state index in [1.54, 1.807) is 0 Å². The minimum atomic E-state index is 0.423. The first-order valence-corrected chi connectivity index (χ1v) is 6.78. The van der Waals surface area contributed by atoms with Gasteiger partial charge >= 0.3 is 0 Å². The molecule has 0 aliphatic heterocycles. The Morgan fingerprint density at radius 3 is 2.84 bits per heavy atom. The van der Waals surface area contributed by atoms with Gasteiger partial charge in [0.2, 0.25) is 0 Å². The van der Waals surface area contributed by atoms with Gasteiger partial charge in [0, 0.05) is 12.2 Å². The molecule has 98 valence electrons. The maximum absolute atomic E-state index is 6.07. The van der Waals surface area contributed by atoms with Crippen molar-refractivity contribution in [1.82, 2.24) is 4.98 Å². The first-order chi connectivity index (χ1) is 9.24. The summed E-state index contributed by atoms with van der Waals surface area (Å²) in [6, 6.07) is 11.0. The number of nitrogens with two attached hydrogens (primary N) is 1. The topological polar surface area (TPSA) is 50.9 Å². The summed E-state index contributed by atoms with van der Waals surface area (Å²) in [6.45, 7) is 2.01. The summed E-state index contributed by atoms with van der Waals surface area (Å²) in [6.07, 6.45) is 5.11. The summed E-state index contributed by atoms with van der Waals surface area (Å²) in [5, 5.41) is 3.49. The first kappa shape index (κ1) is 12.0. The van der Waals surface area contributed by atoms with Crippen LogP contribution < -0.4 is 11.1 Å². The Balaban J connectivity index is 1.77. The van der Waals surface area contributed by atoms with Gasteiger partial charge in [-0.2, -0.15) is 0 Å². The number of anilines is 2. The van der Waals surface area contributed by atoms with E-state index in [4.69, 9.17) is 5.73 Å². The molecule has 0 spiro atoms. The largest absolute Gasteiger partial charge is 0.396 e. The first-order valence-electron chi connectivity index (χ1n) is 6.78. The minimum Gasteiger partial charge on any atom is -0.396 e. The highest BCUT2D eigenvalue weighted by Crippen LogP contribution is 2.26. The van der Waals surface area contributed by atoms with E-state index in [0.29, 0.717) is 6.04 Å². The number of pyridine rings is 1. The maximum atomic E-state index is 6.07. The third-order valence-electron chi connectivity index (χ3n) is 3.90. The van der Waals surface area contributed by atoms with Gasteiger partial charge in [-0.25, -0.2) is 4.98 Å². The summed E-state index contributed by atoms with van der Waals surface area (Å²) >= 11 is 0. The van der Waals surface area contributed by atoms with Gasteiger partial charge in [-0.15, -0.1) is 0 Å². The van der Waals surface area contributed by atoms with E-state index in [1.165, 1.54) is 11.1 Å². The molecule has 0 fully saturated rings. The number of aromatic nitrogens is 1. The fourth-order valence-electron chi connectivity index (χ4n) is 2.70. The van der Waals surface area contributed by atoms with E-state index in [0.717, 1.165) is 36.3 Å². The molecular formula is C16H19N3. The van der Waals surface area contributed by atoms with Gasteiger partial charge in [0.05, 0.1) is 5.69 Å². The summed E-state index contributed by atoms with van der Waals surface area (Å²) in [5.41, 5.74) is 10.8. The van der Waals surface area contributed by atoms with Crippen molar-refractivity contribution in [1.29, 1.82) is 0 Å². The predicted octanol–water partition coefficient (Wildman–Crippen LogP) is 2.94. The van der Waals surface area contributed by atoms with Crippen LogP contribution in [0.25, 0.3) is 0 Å². The van der Waals surface area contributed by atoms with Crippen LogP contribution in [0.2, 0.25) is 0 Å². The second-order valence-electron chi connectivity index (χ2n) is 5.24. The van der Waals surface area contributed by atoms with Crippen LogP contribution in [0.5, 0.6) is 0 Å². The van der Waals surface area contributed by atoms with Crippen molar-refractivity contribution in [3.05, 3.63) is 53.2 Å². The van der Waals surface area contributed by atoms with Crippen molar-refractivity contribution in [2.24, 2.45) is 0 Å². The lowest BCUT2D eigenvalue weighted by molar-refractivity contribution is 0.609. The number of nitrogens with zero attached hydrogens (tertiary/aromatic N) is 1. The normalized spacial score (nSPS) is 17.8. The maximum Gasteiger partial charge on any atom is 0.149 e. The van der Waals surface area contributed by atoms with Gasteiger partial charge in [-0.3, -0.25) is 0 Å². The molecule has 1 unspecified atom stereocenters. The average molecular weight is 253 g/mol. The van der Waals surface area contributed by atoms with Gasteiger partial charge in [0.1, 0.15) is 5.82 Å². The monoisotopic (exact) mass is 253 g/mol. The third kappa shape index (κ3) is 2.41. The fraction of sp³-hybridized carbons (Fsp3) is 0.312. The molecule has 1 aromatic carbocycles. The predicted molar refractivity (Wildman–Crippen MR) is 79.3 cm³/mol. The van der Waals surface area contributed by atoms with Crippen LogP contribution in [0, 0.1) is 6.92 Å². The molecule has 3 nitrogen and oxygen atoms in total. The zero-order valence-electron chi connectivity index (χ0n) is 11.2. The highest BCUT2D eigenvalue weighted by atomic mass is 15.0. The molecule has 1 aliphatic carbocycles. The van der Waals surface area contributed by atoms with Crippen LogP contribution >= 0.6 is 0 Å². The van der Waals surface area contributed by atoms with E-state index < -0.39 is 0 Å². The van der Waals surface area contributed by atoms with E-state index in [9.17, 15) is 0 Å². The molecule has 19 heavy (non-hydrogen) atoms. The van der Waals surface area contributed by atoms with Gasteiger partial charge in [0.25, 0.3) is 0 Å². The van der Waals surface area contributed by atoms with Crippen LogP contribution in [-0.4, -0.2) is 11.0 Å². The van der Waals surface area contributed by atoms with Crippen molar-refractivity contribution < 1.29 is 0 Å². The highest BCUT2D eigenvalue weighted by Gasteiger charge is 2.19. The van der Waals surface area contributed by atoms with Crippen LogP contribution in [-0.2, 0) is 12.8 Å². The second kappa shape index (κ2) is 4.92. The second-order valence-corrected chi connectivity index (χ2v) is 5.24.